The number of carbonyl (C=O) groups excluding carboxylic acids is 2. The second-order valence-corrected chi connectivity index (χ2v) is 14.2. The Hall–Kier alpha value is -2.39. The Morgan fingerprint density at radius 1 is 1.24 bits per heavy atom. The molecule has 1 saturated heterocycles. The van der Waals surface area contributed by atoms with Crippen molar-refractivity contribution in [1.29, 1.82) is 0 Å². The highest BCUT2D eigenvalue weighted by Crippen LogP contribution is 2.41. The summed E-state index contributed by atoms with van der Waals surface area (Å²) < 4.78 is 69.1. The van der Waals surface area contributed by atoms with Crippen LogP contribution in [0.3, 0.4) is 0 Å². The van der Waals surface area contributed by atoms with Gasteiger partial charge in [-0.25, -0.2) is 17.5 Å². The maximum absolute atomic E-state index is 13.8. The number of Topliss-reactive ketones (excluding diaryl/α,β-unsaturated/α-hetero) is 1. The quantitative estimate of drug-likeness (QED) is 0.484. The molecule has 1 amide bonds. The van der Waals surface area contributed by atoms with Crippen molar-refractivity contribution in [1.82, 2.24) is 9.62 Å². The molecule has 1 aromatic heterocycles. The van der Waals surface area contributed by atoms with E-state index in [-0.39, 0.29) is 51.2 Å². The SMILES string of the molecule is CS(=O)(=O)NCc1csc2c1S(=O)(=O)N=C(C1C(=O)[C@H]3CCCC[C@H]3N(Cc3ccc(F)cc3Cl)C1=O)N2. The maximum Gasteiger partial charge on any atom is 0.287 e. The van der Waals surface area contributed by atoms with Crippen molar-refractivity contribution in [3.63, 3.8) is 0 Å². The molecule has 2 N–H and O–H groups in total. The lowest BCUT2D eigenvalue weighted by Gasteiger charge is -2.46. The van der Waals surface area contributed by atoms with E-state index < -0.39 is 43.6 Å². The van der Waals surface area contributed by atoms with Crippen LogP contribution in [0.1, 0.15) is 36.8 Å². The summed E-state index contributed by atoms with van der Waals surface area (Å²) in [5, 5.41) is 4.65. The van der Waals surface area contributed by atoms with Gasteiger partial charge in [0.1, 0.15) is 21.5 Å². The predicted molar refractivity (Wildman–Crippen MR) is 140 cm³/mol. The maximum atomic E-state index is 13.8. The monoisotopic (exact) mass is 602 g/mol. The normalized spacial score (nSPS) is 24.9. The van der Waals surface area contributed by atoms with E-state index in [0.717, 1.165) is 36.5 Å². The number of carbonyl (C=O) groups is 2. The van der Waals surface area contributed by atoms with Gasteiger partial charge in [0.15, 0.2) is 11.7 Å². The molecule has 1 saturated carbocycles. The van der Waals surface area contributed by atoms with Crippen molar-refractivity contribution < 1.29 is 30.8 Å². The lowest BCUT2D eigenvalue weighted by molar-refractivity contribution is -0.152. The second kappa shape index (κ2) is 9.97. The first-order valence-electron chi connectivity index (χ1n) is 11.8. The number of rotatable bonds is 6. The van der Waals surface area contributed by atoms with Crippen LogP contribution in [0.15, 0.2) is 32.9 Å². The van der Waals surface area contributed by atoms with Gasteiger partial charge in [-0.05, 0) is 35.9 Å². The van der Waals surface area contributed by atoms with Crippen LogP contribution in [0.25, 0.3) is 0 Å². The van der Waals surface area contributed by atoms with Gasteiger partial charge in [0.05, 0.1) is 6.26 Å². The molecule has 3 aliphatic rings. The highest BCUT2D eigenvalue weighted by atomic mass is 35.5. The average Bonchev–Trinajstić information content (AvgIpc) is 3.25. The number of fused-ring (bicyclic) bond motifs is 2. The van der Waals surface area contributed by atoms with Crippen molar-refractivity contribution in [3.8, 4) is 0 Å². The molecule has 5 rings (SSSR count). The molecule has 1 aromatic carbocycles. The number of amides is 1. The minimum atomic E-state index is -4.34. The minimum Gasteiger partial charge on any atom is -0.334 e. The highest BCUT2D eigenvalue weighted by molar-refractivity contribution is 7.91. The first-order chi connectivity index (χ1) is 17.9. The number of thiophene rings is 1. The molecule has 3 heterocycles. The fourth-order valence-corrected chi connectivity index (χ4v) is 8.57. The fourth-order valence-electron chi connectivity index (χ4n) is 5.28. The van der Waals surface area contributed by atoms with E-state index in [1.54, 1.807) is 0 Å². The van der Waals surface area contributed by atoms with Crippen molar-refractivity contribution >= 4 is 65.5 Å². The molecule has 204 valence electrons. The van der Waals surface area contributed by atoms with E-state index in [1.807, 2.05) is 0 Å². The van der Waals surface area contributed by atoms with Gasteiger partial charge in [-0.2, -0.15) is 8.42 Å². The molecule has 0 spiro atoms. The summed E-state index contributed by atoms with van der Waals surface area (Å²) in [7, 11) is -7.92. The molecule has 2 aliphatic heterocycles. The van der Waals surface area contributed by atoms with Gasteiger partial charge in [0.25, 0.3) is 10.0 Å². The molecule has 1 aliphatic carbocycles. The summed E-state index contributed by atoms with van der Waals surface area (Å²) in [6.45, 7) is -0.220. The third-order valence-electron chi connectivity index (χ3n) is 7.00. The lowest BCUT2D eigenvalue weighted by Crippen LogP contribution is -2.60. The molecule has 1 unspecified atom stereocenters. The number of halogens is 2. The number of hydrogen-bond acceptors (Lipinski definition) is 8. The van der Waals surface area contributed by atoms with Crippen molar-refractivity contribution in [3.05, 3.63) is 45.5 Å². The van der Waals surface area contributed by atoms with Gasteiger partial charge >= 0.3 is 0 Å². The van der Waals surface area contributed by atoms with Gasteiger partial charge in [-0.15, -0.1) is 15.7 Å². The standard InChI is InChI=1S/C23H24ClFN4O6S3/c1-37(32,33)26-9-13-11-36-22-20(13)38(34,35)28-21(27-22)18-19(30)15-4-2-3-5-17(15)29(23(18)31)10-12-6-7-14(25)8-16(12)24/h6-8,11,15,17-18,26H,2-5,9-10H2,1H3,(H,27,28)/t15-,17+,18?/m0/s1. The van der Waals surface area contributed by atoms with Gasteiger partial charge in [-0.1, -0.05) is 30.5 Å². The number of ketones is 1. The summed E-state index contributed by atoms with van der Waals surface area (Å²) in [5.41, 5.74) is 0.709. The molecule has 10 nitrogen and oxygen atoms in total. The number of sulfonamides is 2. The van der Waals surface area contributed by atoms with E-state index in [4.69, 9.17) is 11.6 Å². The average molecular weight is 603 g/mol. The number of piperidine rings is 1. The summed E-state index contributed by atoms with van der Waals surface area (Å²) in [4.78, 5) is 28.8. The number of benzene rings is 1. The summed E-state index contributed by atoms with van der Waals surface area (Å²) in [5.74, 6) is -3.75. The Kier molecular flexibility index (Phi) is 7.14. The second-order valence-electron chi connectivity index (χ2n) is 9.58. The number of amidine groups is 1. The van der Waals surface area contributed by atoms with Crippen LogP contribution in [-0.2, 0) is 42.7 Å². The first kappa shape index (κ1) is 27.2. The van der Waals surface area contributed by atoms with E-state index >= 15 is 0 Å². The zero-order valence-electron chi connectivity index (χ0n) is 20.1. The molecular formula is C23H24ClFN4O6S3. The van der Waals surface area contributed by atoms with Crippen molar-refractivity contribution in [2.75, 3.05) is 11.6 Å². The number of nitrogens with one attached hydrogen (secondary N) is 2. The van der Waals surface area contributed by atoms with Crippen LogP contribution < -0.4 is 10.0 Å². The summed E-state index contributed by atoms with van der Waals surface area (Å²) >= 11 is 7.24. The van der Waals surface area contributed by atoms with Gasteiger partial charge in [0, 0.05) is 35.6 Å². The van der Waals surface area contributed by atoms with Gasteiger partial charge in [-0.3, -0.25) is 9.59 Å². The van der Waals surface area contributed by atoms with Crippen LogP contribution in [0, 0.1) is 17.7 Å². The molecule has 2 fully saturated rings. The smallest absolute Gasteiger partial charge is 0.287 e. The Morgan fingerprint density at radius 3 is 2.68 bits per heavy atom. The zero-order valence-corrected chi connectivity index (χ0v) is 23.3. The van der Waals surface area contributed by atoms with Crippen LogP contribution >= 0.6 is 22.9 Å². The zero-order chi connectivity index (χ0) is 27.4. The summed E-state index contributed by atoms with van der Waals surface area (Å²) in [6.07, 6.45) is 3.74. The highest BCUT2D eigenvalue weighted by Gasteiger charge is 2.51. The molecule has 2 aromatic rings. The molecular weight excluding hydrogens is 579 g/mol. The lowest BCUT2D eigenvalue weighted by atomic mass is 9.73. The number of nitrogens with zero attached hydrogens (tertiary/aromatic N) is 2. The van der Waals surface area contributed by atoms with E-state index in [1.165, 1.54) is 22.4 Å². The summed E-state index contributed by atoms with van der Waals surface area (Å²) in [6, 6.07) is 3.50. The van der Waals surface area contributed by atoms with E-state index in [0.29, 0.717) is 18.4 Å². The van der Waals surface area contributed by atoms with Gasteiger partial charge in [0.2, 0.25) is 15.9 Å². The van der Waals surface area contributed by atoms with Crippen molar-refractivity contribution in [2.24, 2.45) is 16.2 Å². The Bertz CT molecular complexity index is 1570. The third kappa shape index (κ3) is 5.11. The van der Waals surface area contributed by atoms with Gasteiger partial charge < -0.3 is 10.2 Å². The van der Waals surface area contributed by atoms with Crippen molar-refractivity contribution in [2.45, 2.75) is 49.7 Å². The van der Waals surface area contributed by atoms with Crippen LogP contribution in [-0.4, -0.2) is 51.6 Å². The Balaban J connectivity index is 1.50. The van der Waals surface area contributed by atoms with Crippen LogP contribution in [0.5, 0.6) is 0 Å². The Labute approximate surface area is 228 Å². The number of likely N-dealkylation sites (tertiary alicyclic amines) is 1. The van der Waals surface area contributed by atoms with Crippen LogP contribution in [0.2, 0.25) is 5.02 Å². The molecule has 3 atom stereocenters. The largest absolute Gasteiger partial charge is 0.334 e. The topological polar surface area (TPSA) is 142 Å². The predicted octanol–water partition coefficient (Wildman–Crippen LogP) is 2.89. The van der Waals surface area contributed by atoms with Crippen LogP contribution in [0.4, 0.5) is 9.39 Å². The number of hydrogen-bond donors (Lipinski definition) is 2. The first-order valence-corrected chi connectivity index (χ1v) is 16.4. The fraction of sp³-hybridized carbons (Fsp3) is 0.435. The molecule has 0 radical (unpaired) electrons. The number of anilines is 1. The molecule has 15 heteroatoms. The van der Waals surface area contributed by atoms with E-state index in [2.05, 4.69) is 14.4 Å². The molecule has 38 heavy (non-hydrogen) atoms. The van der Waals surface area contributed by atoms with E-state index in [9.17, 15) is 30.8 Å². The minimum absolute atomic E-state index is 0.0362. The molecule has 0 bridgehead atoms. The Morgan fingerprint density at radius 2 is 1.97 bits per heavy atom. The third-order valence-corrected chi connectivity index (χ3v) is 10.5.